The Labute approximate surface area is 395 Å². The molecular weight excluding hydrogens is 843 g/mol. The molecule has 0 bridgehead atoms. The second-order valence-electron chi connectivity index (χ2n) is 20.3. The average Bonchev–Trinajstić information content (AvgIpc) is 3.83. The summed E-state index contributed by atoms with van der Waals surface area (Å²) in [6.45, 7) is 14.7. The Bertz CT molecular complexity index is 3600. The second kappa shape index (κ2) is 15.6. The lowest BCUT2D eigenvalue weighted by Gasteiger charge is -2.31. The fourth-order valence-electron chi connectivity index (χ4n) is 10.7. The van der Waals surface area contributed by atoms with Gasteiger partial charge in [0, 0.05) is 55.7 Å². The molecule has 0 N–H and O–H groups in total. The van der Waals surface area contributed by atoms with Gasteiger partial charge < -0.3 is 14.2 Å². The first kappa shape index (κ1) is 41.0. The van der Waals surface area contributed by atoms with E-state index in [-0.39, 0.29) is 0 Å². The zero-order chi connectivity index (χ0) is 45.6. The lowest BCUT2D eigenvalue weighted by Crippen LogP contribution is -2.40. The van der Waals surface area contributed by atoms with E-state index in [2.05, 4.69) is 266 Å². The average molecular weight is 896 g/mol. The highest BCUT2D eigenvalue weighted by Gasteiger charge is 2.27. The maximum atomic E-state index is 2.56. The van der Waals surface area contributed by atoms with Crippen LogP contribution in [0.15, 0.2) is 212 Å². The Morgan fingerprint density at radius 1 is 0.313 bits per heavy atom. The van der Waals surface area contributed by atoms with E-state index in [1.54, 1.807) is 0 Å². The van der Waals surface area contributed by atoms with Gasteiger partial charge in [-0.3, -0.25) is 0 Å². The summed E-state index contributed by atoms with van der Waals surface area (Å²) in [6.07, 6.45) is 0. The molecule has 0 aliphatic carbocycles. The van der Waals surface area contributed by atoms with Crippen LogP contribution in [0.1, 0.15) is 0 Å². The van der Waals surface area contributed by atoms with Gasteiger partial charge in [0.2, 0.25) is 0 Å². The van der Waals surface area contributed by atoms with Gasteiger partial charge in [0.1, 0.15) is 0 Å². The smallest absolute Gasteiger partial charge is 0.0803 e. The number of fused-ring (bicyclic) bond motifs is 8. The molecule has 0 fully saturated rings. The summed E-state index contributed by atoms with van der Waals surface area (Å²) in [5.74, 6) is 0. The normalized spacial score (nSPS) is 12.3. The highest BCUT2D eigenvalue weighted by atomic mass is 28.3. The Kier molecular flexibility index (Phi) is 9.54. The quantitative estimate of drug-likeness (QED) is 0.134. The maximum absolute atomic E-state index is 2.56. The number of benzene rings is 10. The van der Waals surface area contributed by atoms with E-state index in [9.17, 15) is 0 Å². The zero-order valence-electron chi connectivity index (χ0n) is 39.0. The number of hydrogen-bond acceptors (Lipinski definition) is 2. The van der Waals surface area contributed by atoms with Gasteiger partial charge >= 0.3 is 0 Å². The molecule has 10 aromatic carbocycles. The number of nitrogens with zero attached hydrogens (tertiary/aromatic N) is 3. The highest BCUT2D eigenvalue weighted by Crippen LogP contribution is 2.46. The van der Waals surface area contributed by atoms with Crippen molar-refractivity contribution in [3.8, 4) is 11.1 Å². The second-order valence-corrected chi connectivity index (χ2v) is 30.4. The largest absolute Gasteiger partial charge is 0.311 e. The zero-order valence-corrected chi connectivity index (χ0v) is 41.0. The minimum atomic E-state index is -1.71. The van der Waals surface area contributed by atoms with Crippen molar-refractivity contribution in [2.75, 3.05) is 9.80 Å². The molecule has 0 saturated carbocycles. The van der Waals surface area contributed by atoms with Crippen molar-refractivity contribution in [2.24, 2.45) is 0 Å². The summed E-state index contributed by atoms with van der Waals surface area (Å²) in [5, 5.41) is 12.9. The third kappa shape index (κ3) is 6.92. The van der Waals surface area contributed by atoms with Gasteiger partial charge in [-0.2, -0.15) is 0 Å². The molecule has 0 aliphatic heterocycles. The molecular formula is C62H53N3Si2. The van der Waals surface area contributed by atoms with E-state index < -0.39 is 16.1 Å². The van der Waals surface area contributed by atoms with Crippen LogP contribution in [0.25, 0.3) is 70.8 Å². The van der Waals surface area contributed by atoms with Crippen LogP contribution in [0.5, 0.6) is 0 Å². The van der Waals surface area contributed by atoms with Crippen molar-refractivity contribution in [2.45, 2.75) is 39.3 Å². The van der Waals surface area contributed by atoms with Crippen LogP contribution >= 0.6 is 0 Å². The molecule has 3 nitrogen and oxygen atoms in total. The summed E-state index contributed by atoms with van der Waals surface area (Å²) in [5.41, 5.74) is 13.3. The summed E-state index contributed by atoms with van der Waals surface area (Å²) < 4.78 is 2.56. The number of anilines is 6. The molecule has 2 aromatic heterocycles. The molecule has 0 saturated heterocycles. The Morgan fingerprint density at radius 3 is 1.15 bits per heavy atom. The number of para-hydroxylation sites is 4. The number of aromatic nitrogens is 1. The predicted molar refractivity (Wildman–Crippen MR) is 297 cm³/mol. The summed E-state index contributed by atoms with van der Waals surface area (Å²) >= 11 is 0. The predicted octanol–water partition coefficient (Wildman–Crippen LogP) is 16.8. The van der Waals surface area contributed by atoms with Gasteiger partial charge in [-0.25, -0.2) is 0 Å². The van der Waals surface area contributed by atoms with Gasteiger partial charge in [-0.05, 0) is 140 Å². The first-order valence-electron chi connectivity index (χ1n) is 23.6. The SMILES string of the molecule is C[Si](C)(C)c1ccccc1N(c1ccccc1)c1ccc2cc3c4cc(-c5ccccc5)cc5c6cc7ccc(N(c8ccccc8)c8ccccc8[Si](C)(C)C)cc7cc6n(c3cc2c1)c45. The topological polar surface area (TPSA) is 10.9 Å². The van der Waals surface area contributed by atoms with Crippen molar-refractivity contribution in [3.63, 3.8) is 0 Å². The van der Waals surface area contributed by atoms with Crippen molar-refractivity contribution in [1.82, 2.24) is 4.40 Å². The summed E-state index contributed by atoms with van der Waals surface area (Å²) in [6, 6.07) is 79.4. The van der Waals surface area contributed by atoms with Crippen LogP contribution < -0.4 is 20.2 Å². The molecule has 5 heteroatoms. The molecule has 0 atom stereocenters. The molecule has 0 radical (unpaired) electrons. The molecule has 2 heterocycles. The van der Waals surface area contributed by atoms with Crippen molar-refractivity contribution >= 4 is 120 Å². The molecule has 0 spiro atoms. The minimum Gasteiger partial charge on any atom is -0.311 e. The van der Waals surface area contributed by atoms with Crippen molar-refractivity contribution < 1.29 is 0 Å². The van der Waals surface area contributed by atoms with Crippen LogP contribution in [0, 0.1) is 0 Å². The third-order valence-electron chi connectivity index (χ3n) is 13.8. The van der Waals surface area contributed by atoms with Gasteiger partial charge in [-0.15, -0.1) is 0 Å². The molecule has 12 rings (SSSR count). The Hall–Kier alpha value is -7.45. The minimum absolute atomic E-state index is 1.16. The molecule has 12 aromatic rings. The van der Waals surface area contributed by atoms with Crippen LogP contribution in [-0.4, -0.2) is 20.5 Å². The molecule has 0 amide bonds. The van der Waals surface area contributed by atoms with Gasteiger partial charge in [0.15, 0.2) is 0 Å². The van der Waals surface area contributed by atoms with Gasteiger partial charge in [-0.1, -0.05) is 155 Å². The fourth-order valence-corrected chi connectivity index (χ4v) is 13.8. The molecule has 0 unspecified atom stereocenters. The molecule has 324 valence electrons. The van der Waals surface area contributed by atoms with E-state index in [0.717, 1.165) is 22.7 Å². The first-order chi connectivity index (χ1) is 32.5. The Morgan fingerprint density at radius 2 is 0.716 bits per heavy atom. The monoisotopic (exact) mass is 895 g/mol. The van der Waals surface area contributed by atoms with E-state index in [1.807, 2.05) is 0 Å². The highest BCUT2D eigenvalue weighted by molar-refractivity contribution is 6.90. The van der Waals surface area contributed by atoms with Gasteiger partial charge in [0.25, 0.3) is 0 Å². The number of rotatable bonds is 9. The van der Waals surface area contributed by atoms with E-state index >= 15 is 0 Å². The third-order valence-corrected chi connectivity index (χ3v) is 17.9. The standard InChI is InChI=1S/C62H53N3Si2/c1-66(2,3)60-28-18-16-26-56(60)63(48-22-12-8-13-23-48)50-32-30-43-36-52-54-38-47(42-20-10-7-11-21-42)39-55-53-37-44-31-33-51(35-46(44)41-59(53)65(62(54)55)58(52)40-45(43)34-50)64(49-24-14-9-15-25-49)57-27-17-19-29-61(57)67(4,5)6/h7-41H,1-6H3. The number of hydrogen-bond donors (Lipinski definition) is 0. The molecule has 67 heavy (non-hydrogen) atoms. The first-order valence-corrected chi connectivity index (χ1v) is 30.6. The lowest BCUT2D eigenvalue weighted by molar-refractivity contribution is 1.29. The summed E-state index contributed by atoms with van der Waals surface area (Å²) in [7, 11) is -3.41. The van der Waals surface area contributed by atoms with Crippen molar-refractivity contribution in [1.29, 1.82) is 0 Å². The molecule has 0 aliphatic rings. The maximum Gasteiger partial charge on any atom is 0.0803 e. The fraction of sp³-hybridized carbons (Fsp3) is 0.0968. The van der Waals surface area contributed by atoms with Crippen molar-refractivity contribution in [3.05, 3.63) is 212 Å². The van der Waals surface area contributed by atoms with E-state index in [0.29, 0.717) is 0 Å². The van der Waals surface area contributed by atoms with Crippen LogP contribution in [0.3, 0.4) is 0 Å². The lowest BCUT2D eigenvalue weighted by atomic mass is 9.97. The van der Waals surface area contributed by atoms with Crippen LogP contribution in [0.4, 0.5) is 34.1 Å². The Balaban J connectivity index is 1.11. The van der Waals surface area contributed by atoms with Crippen LogP contribution in [0.2, 0.25) is 39.3 Å². The van der Waals surface area contributed by atoms with Crippen LogP contribution in [-0.2, 0) is 0 Å². The van der Waals surface area contributed by atoms with E-state index in [4.69, 9.17) is 0 Å². The van der Waals surface area contributed by atoms with E-state index in [1.165, 1.54) is 92.5 Å². The summed E-state index contributed by atoms with van der Waals surface area (Å²) in [4.78, 5) is 4.93. The van der Waals surface area contributed by atoms with Gasteiger partial charge in [0.05, 0.1) is 32.7 Å².